The van der Waals surface area contributed by atoms with E-state index in [-0.39, 0.29) is 0 Å². The van der Waals surface area contributed by atoms with Crippen LogP contribution in [-0.4, -0.2) is 21.8 Å². The molecule has 0 radical (unpaired) electrons. The summed E-state index contributed by atoms with van der Waals surface area (Å²) in [5, 5.41) is 0. The Labute approximate surface area is 147 Å². The second-order valence-electron chi connectivity index (χ2n) is 5.74. The summed E-state index contributed by atoms with van der Waals surface area (Å²) in [5.74, 6) is 0. The molecule has 0 aliphatic heterocycles. The number of hydrogen-bond acceptors (Lipinski definition) is 0. The second kappa shape index (κ2) is 8.41. The van der Waals surface area contributed by atoms with Crippen molar-refractivity contribution in [1.29, 1.82) is 0 Å². The second-order valence-corrected chi connectivity index (χ2v) is 14.2. The molecule has 0 atom stereocenters. The van der Waals surface area contributed by atoms with E-state index in [1.54, 1.807) is 15.4 Å². The van der Waals surface area contributed by atoms with Crippen molar-refractivity contribution in [3.8, 4) is 0 Å². The van der Waals surface area contributed by atoms with E-state index >= 15 is 0 Å². The standard InChI is InChI=1S/C10H13.2C6H5.Bi/c1-2-3-7-10-8-5-4-6-9-10;2*1-2-4-6-5-3-1;/h4-6,8H,2-3,7H2,1H3;2*1-5H;. The van der Waals surface area contributed by atoms with Crippen LogP contribution in [0.2, 0.25) is 0 Å². The summed E-state index contributed by atoms with van der Waals surface area (Å²) in [4.78, 5) is 0. The van der Waals surface area contributed by atoms with Crippen LogP contribution in [0.3, 0.4) is 0 Å². The number of unbranched alkanes of at least 4 members (excludes halogenated alkanes) is 1. The van der Waals surface area contributed by atoms with E-state index in [2.05, 4.69) is 91.9 Å². The Hall–Kier alpha value is -1.46. The summed E-state index contributed by atoms with van der Waals surface area (Å²) in [6.07, 6.45) is 3.74. The monoisotopic (exact) mass is 496 g/mol. The van der Waals surface area contributed by atoms with Gasteiger partial charge >= 0.3 is 148 Å². The van der Waals surface area contributed by atoms with Gasteiger partial charge in [0.2, 0.25) is 0 Å². The number of benzene rings is 3. The van der Waals surface area contributed by atoms with Crippen molar-refractivity contribution in [2.45, 2.75) is 26.2 Å². The Bertz CT molecular complexity index is 680. The van der Waals surface area contributed by atoms with Crippen LogP contribution in [0.25, 0.3) is 0 Å². The molecule has 0 nitrogen and oxygen atoms in total. The molecule has 0 amide bonds. The molecule has 3 aromatic rings. The van der Waals surface area contributed by atoms with Gasteiger partial charge in [-0.1, -0.05) is 0 Å². The molecule has 116 valence electrons. The van der Waals surface area contributed by atoms with Crippen molar-refractivity contribution in [3.05, 3.63) is 90.5 Å². The molecule has 3 rings (SSSR count). The zero-order chi connectivity index (χ0) is 15.9. The van der Waals surface area contributed by atoms with Gasteiger partial charge < -0.3 is 0 Å². The van der Waals surface area contributed by atoms with Gasteiger partial charge in [-0.15, -0.1) is 0 Å². The molecule has 0 aromatic heterocycles. The van der Waals surface area contributed by atoms with E-state index in [1.807, 2.05) is 0 Å². The van der Waals surface area contributed by atoms with Crippen molar-refractivity contribution in [2.75, 3.05) is 0 Å². The Morgan fingerprint density at radius 1 is 0.652 bits per heavy atom. The quantitative estimate of drug-likeness (QED) is 0.458. The molecule has 0 unspecified atom stereocenters. The fraction of sp³-hybridized carbons (Fsp3) is 0.182. The SMILES string of the molecule is CCCCc1cccc[c]1[Bi]([c]1ccccc1)[c]1ccccc1. The van der Waals surface area contributed by atoms with Crippen LogP contribution in [0.1, 0.15) is 25.3 Å². The molecule has 0 bridgehead atoms. The normalized spacial score (nSPS) is 10.9. The maximum atomic E-state index is 2.39. The summed E-state index contributed by atoms with van der Waals surface area (Å²) in [5.41, 5.74) is 1.57. The molecule has 0 heterocycles. The maximum absolute atomic E-state index is 2.39. The van der Waals surface area contributed by atoms with Gasteiger partial charge in [-0.2, -0.15) is 0 Å². The van der Waals surface area contributed by atoms with Gasteiger partial charge in [0.05, 0.1) is 0 Å². The van der Waals surface area contributed by atoms with E-state index in [1.165, 1.54) is 19.3 Å². The molecule has 0 fully saturated rings. The summed E-state index contributed by atoms with van der Waals surface area (Å²) in [6, 6.07) is 31.5. The van der Waals surface area contributed by atoms with Crippen LogP contribution in [-0.2, 0) is 6.42 Å². The van der Waals surface area contributed by atoms with Gasteiger partial charge in [-0.3, -0.25) is 0 Å². The van der Waals surface area contributed by atoms with E-state index in [9.17, 15) is 0 Å². The number of hydrogen-bond donors (Lipinski definition) is 0. The topological polar surface area (TPSA) is 0 Å². The van der Waals surface area contributed by atoms with E-state index in [0.717, 1.165) is 0 Å². The van der Waals surface area contributed by atoms with Crippen LogP contribution in [0, 0.1) is 0 Å². The third kappa shape index (κ3) is 4.09. The molecule has 0 saturated carbocycles. The summed E-state index contributed by atoms with van der Waals surface area (Å²) < 4.78 is 4.78. The molecule has 0 saturated heterocycles. The first-order valence-corrected chi connectivity index (χ1v) is 13.6. The first-order chi connectivity index (χ1) is 11.4. The Morgan fingerprint density at radius 2 is 1.17 bits per heavy atom. The first kappa shape index (κ1) is 16.4. The molecule has 0 N–H and O–H groups in total. The zero-order valence-corrected chi connectivity index (χ0v) is 17.1. The van der Waals surface area contributed by atoms with Crippen molar-refractivity contribution in [1.82, 2.24) is 0 Å². The molecular weight excluding hydrogens is 473 g/mol. The average molecular weight is 496 g/mol. The predicted molar refractivity (Wildman–Crippen MR) is 103 cm³/mol. The average Bonchev–Trinajstić information content (AvgIpc) is 2.63. The summed E-state index contributed by atoms with van der Waals surface area (Å²) in [6.45, 7) is 2.28. The summed E-state index contributed by atoms with van der Waals surface area (Å²) in [7, 11) is 0. The van der Waals surface area contributed by atoms with Crippen LogP contribution < -0.4 is 9.81 Å². The minimum absolute atomic E-state index is 1.21. The summed E-state index contributed by atoms with van der Waals surface area (Å²) >= 11 is -2.18. The zero-order valence-electron chi connectivity index (χ0n) is 13.7. The minimum atomic E-state index is -2.18. The van der Waals surface area contributed by atoms with Gasteiger partial charge in [-0.05, 0) is 0 Å². The molecule has 23 heavy (non-hydrogen) atoms. The third-order valence-corrected chi connectivity index (χ3v) is 14.0. The molecule has 1 heteroatoms. The van der Waals surface area contributed by atoms with Gasteiger partial charge in [0.15, 0.2) is 0 Å². The molecular formula is C22H23Bi. The van der Waals surface area contributed by atoms with Crippen LogP contribution in [0.15, 0.2) is 84.9 Å². The molecule has 0 aliphatic carbocycles. The number of rotatable bonds is 6. The van der Waals surface area contributed by atoms with Crippen LogP contribution in [0.4, 0.5) is 0 Å². The van der Waals surface area contributed by atoms with Gasteiger partial charge in [-0.25, -0.2) is 0 Å². The Morgan fingerprint density at radius 3 is 1.74 bits per heavy atom. The molecule has 3 aromatic carbocycles. The van der Waals surface area contributed by atoms with Crippen molar-refractivity contribution < 1.29 is 0 Å². The Balaban J connectivity index is 2.10. The Kier molecular flexibility index (Phi) is 6.00. The first-order valence-electron chi connectivity index (χ1n) is 8.38. The van der Waals surface area contributed by atoms with Crippen molar-refractivity contribution >= 4 is 31.6 Å². The van der Waals surface area contributed by atoms with E-state index in [0.29, 0.717) is 0 Å². The fourth-order valence-corrected chi connectivity index (χ4v) is 12.6. The van der Waals surface area contributed by atoms with Crippen LogP contribution in [0.5, 0.6) is 0 Å². The fourth-order valence-electron chi connectivity index (χ4n) is 2.89. The van der Waals surface area contributed by atoms with Crippen molar-refractivity contribution in [3.63, 3.8) is 0 Å². The van der Waals surface area contributed by atoms with Crippen molar-refractivity contribution in [2.24, 2.45) is 0 Å². The predicted octanol–water partition coefficient (Wildman–Crippen LogP) is 3.55. The molecule has 0 spiro atoms. The molecule has 0 aliphatic rings. The van der Waals surface area contributed by atoms with Gasteiger partial charge in [0, 0.05) is 0 Å². The van der Waals surface area contributed by atoms with Gasteiger partial charge in [0.25, 0.3) is 0 Å². The third-order valence-electron chi connectivity index (χ3n) is 4.06. The van der Waals surface area contributed by atoms with Crippen LogP contribution >= 0.6 is 0 Å². The van der Waals surface area contributed by atoms with E-state index < -0.39 is 21.8 Å². The van der Waals surface area contributed by atoms with Gasteiger partial charge in [0.1, 0.15) is 0 Å². The van der Waals surface area contributed by atoms with E-state index in [4.69, 9.17) is 0 Å². The number of aryl methyl sites for hydroxylation is 1.